The molecule has 0 unspecified atom stereocenters. The van der Waals surface area contributed by atoms with Gasteiger partial charge in [-0.1, -0.05) is 42.1 Å². The number of hydrogen-bond donors (Lipinski definition) is 0. The average Bonchev–Trinajstić information content (AvgIpc) is 3.13. The van der Waals surface area contributed by atoms with Crippen molar-refractivity contribution in [2.24, 2.45) is 0 Å². The first-order valence-corrected chi connectivity index (χ1v) is 10.7. The molecular formula is C20H14FNO3S2. The summed E-state index contributed by atoms with van der Waals surface area (Å²) in [6.45, 7) is 0. The van der Waals surface area contributed by atoms with Gasteiger partial charge in [-0.15, -0.1) is 0 Å². The molecule has 0 N–H and O–H groups in total. The molecule has 0 aliphatic rings. The molecule has 0 fully saturated rings. The third-order valence-electron chi connectivity index (χ3n) is 4.13. The van der Waals surface area contributed by atoms with Gasteiger partial charge >= 0.3 is 0 Å². The number of oxazole rings is 1. The van der Waals surface area contributed by atoms with Crippen LogP contribution in [-0.2, 0) is 9.84 Å². The zero-order chi connectivity index (χ0) is 19.0. The zero-order valence-electron chi connectivity index (χ0n) is 14.2. The number of aromatic nitrogens is 1. The Morgan fingerprint density at radius 3 is 2.37 bits per heavy atom. The second kappa shape index (κ2) is 6.83. The normalized spacial score (nSPS) is 11.8. The predicted octanol–water partition coefficient (Wildman–Crippen LogP) is 5.19. The van der Waals surface area contributed by atoms with Crippen molar-refractivity contribution in [2.45, 2.75) is 15.0 Å². The van der Waals surface area contributed by atoms with E-state index in [4.69, 9.17) is 4.42 Å². The lowest BCUT2D eigenvalue weighted by Gasteiger charge is -2.04. The van der Waals surface area contributed by atoms with Crippen molar-refractivity contribution >= 4 is 32.4 Å². The molecule has 4 rings (SSSR count). The Balaban J connectivity index is 1.84. The number of thioether (sulfide) groups is 1. The minimum atomic E-state index is -3.87. The third kappa shape index (κ3) is 3.24. The lowest BCUT2D eigenvalue weighted by molar-refractivity contribution is 0.471. The fraction of sp³-hybridized carbons (Fsp3) is 0.0500. The summed E-state index contributed by atoms with van der Waals surface area (Å²) in [5.41, 5.74) is 0.506. The largest absolute Gasteiger partial charge is 0.428 e. The molecule has 0 aliphatic carbocycles. The number of rotatable bonds is 4. The third-order valence-corrected chi connectivity index (χ3v) is 6.57. The van der Waals surface area contributed by atoms with Crippen LogP contribution in [0.3, 0.4) is 0 Å². The molecule has 4 aromatic rings. The van der Waals surface area contributed by atoms with Crippen LogP contribution >= 0.6 is 11.8 Å². The molecular weight excluding hydrogens is 385 g/mol. The molecule has 0 saturated carbocycles. The van der Waals surface area contributed by atoms with Crippen molar-refractivity contribution in [2.75, 3.05) is 6.26 Å². The highest BCUT2D eigenvalue weighted by atomic mass is 32.2. The molecule has 0 saturated heterocycles. The highest BCUT2D eigenvalue weighted by Gasteiger charge is 2.28. The van der Waals surface area contributed by atoms with Gasteiger partial charge in [0.2, 0.25) is 25.8 Å². The molecule has 27 heavy (non-hydrogen) atoms. The fourth-order valence-electron chi connectivity index (χ4n) is 2.75. The first-order chi connectivity index (χ1) is 13.0. The second-order valence-corrected chi connectivity index (χ2v) is 8.48. The fourth-order valence-corrected chi connectivity index (χ4v) is 4.93. The van der Waals surface area contributed by atoms with Crippen LogP contribution in [0.1, 0.15) is 0 Å². The van der Waals surface area contributed by atoms with Crippen LogP contribution in [-0.4, -0.2) is 19.7 Å². The predicted molar refractivity (Wildman–Crippen MR) is 103 cm³/mol. The van der Waals surface area contributed by atoms with Crippen LogP contribution in [0.4, 0.5) is 4.39 Å². The Labute approximate surface area is 160 Å². The maximum absolute atomic E-state index is 13.2. The molecule has 0 aliphatic heterocycles. The van der Waals surface area contributed by atoms with E-state index in [9.17, 15) is 12.8 Å². The van der Waals surface area contributed by atoms with Gasteiger partial charge in [0.1, 0.15) is 5.82 Å². The minimum Gasteiger partial charge on any atom is -0.428 e. The molecule has 3 aromatic carbocycles. The monoisotopic (exact) mass is 399 g/mol. The lowest BCUT2D eigenvalue weighted by atomic mass is 10.1. The Hall–Kier alpha value is -2.64. The van der Waals surface area contributed by atoms with Crippen LogP contribution in [0.5, 0.6) is 0 Å². The van der Waals surface area contributed by atoms with Gasteiger partial charge in [-0.05, 0) is 53.4 Å². The van der Waals surface area contributed by atoms with E-state index in [0.717, 1.165) is 22.5 Å². The number of nitrogens with zero attached hydrogens (tertiary/aromatic N) is 1. The lowest BCUT2D eigenvalue weighted by Crippen LogP contribution is -2.03. The first-order valence-electron chi connectivity index (χ1n) is 8.04. The summed E-state index contributed by atoms with van der Waals surface area (Å²) in [7, 11) is -3.87. The van der Waals surface area contributed by atoms with E-state index in [1.807, 2.05) is 24.3 Å². The van der Waals surface area contributed by atoms with E-state index in [0.29, 0.717) is 5.56 Å². The molecule has 0 atom stereocenters. The Morgan fingerprint density at radius 1 is 0.963 bits per heavy atom. The summed E-state index contributed by atoms with van der Waals surface area (Å²) in [4.78, 5) is 4.36. The van der Waals surface area contributed by atoms with Crippen molar-refractivity contribution in [3.63, 3.8) is 0 Å². The molecule has 0 spiro atoms. The van der Waals surface area contributed by atoms with Crippen molar-refractivity contribution in [1.29, 1.82) is 0 Å². The molecule has 0 amide bonds. The maximum atomic E-state index is 13.2. The Morgan fingerprint density at radius 2 is 1.67 bits per heavy atom. The number of hydrogen-bond acceptors (Lipinski definition) is 5. The van der Waals surface area contributed by atoms with Crippen LogP contribution < -0.4 is 0 Å². The van der Waals surface area contributed by atoms with E-state index in [-0.39, 0.29) is 26.7 Å². The van der Waals surface area contributed by atoms with Crippen LogP contribution in [0.15, 0.2) is 86.2 Å². The smallest absolute Gasteiger partial charge is 0.228 e. The SMILES string of the molecule is CSc1oc(-c2ccc(F)cc2)nc1S(=O)(=O)c1ccc2ccccc2c1. The highest BCUT2D eigenvalue weighted by molar-refractivity contribution is 7.99. The number of halogens is 1. The molecule has 1 aromatic heterocycles. The van der Waals surface area contributed by atoms with Crippen LogP contribution in [0.2, 0.25) is 0 Å². The summed E-state index contributed by atoms with van der Waals surface area (Å²) >= 11 is 1.16. The van der Waals surface area contributed by atoms with E-state index < -0.39 is 9.84 Å². The maximum Gasteiger partial charge on any atom is 0.228 e. The van der Waals surface area contributed by atoms with Crippen LogP contribution in [0, 0.1) is 5.82 Å². The number of fused-ring (bicyclic) bond motifs is 1. The summed E-state index contributed by atoms with van der Waals surface area (Å²) in [6.07, 6.45) is 1.72. The molecule has 136 valence electrons. The summed E-state index contributed by atoms with van der Waals surface area (Å²) in [5.74, 6) is -0.252. The van der Waals surface area contributed by atoms with Gasteiger partial charge in [0.05, 0.1) is 4.90 Å². The van der Waals surface area contributed by atoms with Gasteiger partial charge in [-0.2, -0.15) is 4.98 Å². The Kier molecular flexibility index (Phi) is 4.49. The molecule has 0 radical (unpaired) electrons. The van der Waals surface area contributed by atoms with Gasteiger partial charge in [0.15, 0.2) is 0 Å². The molecule has 7 heteroatoms. The topological polar surface area (TPSA) is 60.2 Å². The van der Waals surface area contributed by atoms with E-state index in [2.05, 4.69) is 4.98 Å². The number of sulfone groups is 1. The zero-order valence-corrected chi connectivity index (χ0v) is 15.9. The van der Waals surface area contributed by atoms with Gasteiger partial charge < -0.3 is 4.42 Å². The van der Waals surface area contributed by atoms with E-state index in [1.165, 1.54) is 24.3 Å². The van der Waals surface area contributed by atoms with Crippen molar-refractivity contribution in [3.8, 4) is 11.5 Å². The van der Waals surface area contributed by atoms with Crippen LogP contribution in [0.25, 0.3) is 22.2 Å². The molecule has 0 bridgehead atoms. The second-order valence-electron chi connectivity index (χ2n) is 5.84. The quantitative estimate of drug-likeness (QED) is 0.442. The first kappa shape index (κ1) is 17.8. The Bertz CT molecular complexity index is 1230. The molecule has 1 heterocycles. The average molecular weight is 399 g/mol. The van der Waals surface area contributed by atoms with Gasteiger partial charge in [-0.25, -0.2) is 12.8 Å². The van der Waals surface area contributed by atoms with Gasteiger partial charge in [-0.3, -0.25) is 0 Å². The summed E-state index contributed by atoms with van der Waals surface area (Å²) < 4.78 is 45.1. The number of benzene rings is 3. The summed E-state index contributed by atoms with van der Waals surface area (Å²) in [6, 6.07) is 18.0. The minimum absolute atomic E-state index is 0.135. The highest BCUT2D eigenvalue weighted by Crippen LogP contribution is 2.34. The summed E-state index contributed by atoms with van der Waals surface area (Å²) in [5, 5.41) is 1.84. The van der Waals surface area contributed by atoms with E-state index in [1.54, 1.807) is 24.5 Å². The van der Waals surface area contributed by atoms with Gasteiger partial charge in [0, 0.05) is 5.56 Å². The standard InChI is InChI=1S/C20H14FNO3S2/c1-26-20-19(22-18(25-20)14-6-9-16(21)10-7-14)27(23,24)17-11-8-13-4-2-3-5-15(13)12-17/h2-12H,1H3. The van der Waals surface area contributed by atoms with Crippen molar-refractivity contribution < 1.29 is 17.2 Å². The van der Waals surface area contributed by atoms with Crippen molar-refractivity contribution in [1.82, 2.24) is 4.98 Å². The molecule has 4 nitrogen and oxygen atoms in total. The van der Waals surface area contributed by atoms with Gasteiger partial charge in [0.25, 0.3) is 0 Å². The van der Waals surface area contributed by atoms with E-state index >= 15 is 0 Å². The van der Waals surface area contributed by atoms with Crippen molar-refractivity contribution in [3.05, 3.63) is 72.5 Å².